The van der Waals surface area contributed by atoms with Gasteiger partial charge in [0.2, 0.25) is 0 Å². The summed E-state index contributed by atoms with van der Waals surface area (Å²) in [5, 5.41) is 1.92. The minimum Gasteiger partial charge on any atom is -0.284 e. The van der Waals surface area contributed by atoms with Gasteiger partial charge in [-0.3, -0.25) is 14.9 Å². The fraction of sp³-hybridized carbons (Fsp3) is 0. The van der Waals surface area contributed by atoms with Crippen molar-refractivity contribution in [1.29, 1.82) is 0 Å². The van der Waals surface area contributed by atoms with E-state index < -0.39 is 5.91 Å². The Morgan fingerprint density at radius 1 is 1.27 bits per heavy atom. The fourth-order valence-electron chi connectivity index (χ4n) is 0.708. The van der Waals surface area contributed by atoms with Crippen LogP contribution < -0.4 is 5.32 Å². The highest BCUT2D eigenvalue weighted by Gasteiger charge is 2.00. The van der Waals surface area contributed by atoms with Crippen LogP contribution in [0.15, 0.2) is 30.3 Å². The predicted octanol–water partition coefficient (Wildman–Crippen LogP) is 0.484. The van der Waals surface area contributed by atoms with E-state index in [2.05, 4.69) is 0 Å². The van der Waals surface area contributed by atoms with E-state index in [-0.39, 0.29) is 0 Å². The van der Waals surface area contributed by atoms with Gasteiger partial charge in [-0.2, -0.15) is 0 Å². The van der Waals surface area contributed by atoms with E-state index in [1.165, 1.54) is 6.41 Å². The van der Waals surface area contributed by atoms with E-state index in [0.717, 1.165) is 0 Å². The van der Waals surface area contributed by atoms with Crippen molar-refractivity contribution in [2.24, 2.45) is 0 Å². The van der Waals surface area contributed by atoms with E-state index in [1.54, 1.807) is 30.3 Å². The first-order valence-electron chi connectivity index (χ1n) is 3.07. The summed E-state index contributed by atoms with van der Waals surface area (Å²) in [5.74, 6) is -0.430. The molecule has 1 N–H and O–H groups in total. The Bertz CT molecular complexity index is 256. The molecule has 0 unspecified atom stereocenters. The van der Waals surface area contributed by atoms with E-state index in [0.29, 0.717) is 5.56 Å². The van der Waals surface area contributed by atoms with E-state index >= 15 is 0 Å². The molecule has 1 radical (unpaired) electrons. The first-order chi connectivity index (χ1) is 5.34. The standard InChI is InChI=1S/C8H6NO2/c10-6-9-8(11)7-4-2-1-3-5-7/h1-5H,(H,9,10,11). The SMILES string of the molecule is O=[C]NC(=O)c1ccccc1. The van der Waals surface area contributed by atoms with Gasteiger partial charge in [0.15, 0.2) is 0 Å². The molecule has 3 heteroatoms. The fourth-order valence-corrected chi connectivity index (χ4v) is 0.708. The van der Waals surface area contributed by atoms with Crippen molar-refractivity contribution in [3.8, 4) is 0 Å². The molecule has 0 fully saturated rings. The van der Waals surface area contributed by atoms with E-state index in [4.69, 9.17) is 0 Å². The molecule has 0 saturated heterocycles. The van der Waals surface area contributed by atoms with Crippen LogP contribution in [0, 0.1) is 0 Å². The highest BCUT2D eigenvalue weighted by atomic mass is 16.2. The highest BCUT2D eigenvalue weighted by Crippen LogP contribution is 1.96. The molecule has 0 saturated carbocycles. The third kappa shape index (κ3) is 1.89. The predicted molar refractivity (Wildman–Crippen MR) is 39.6 cm³/mol. The first-order valence-corrected chi connectivity index (χ1v) is 3.07. The van der Waals surface area contributed by atoms with Gasteiger partial charge in [0.05, 0.1) is 0 Å². The molecule has 11 heavy (non-hydrogen) atoms. The van der Waals surface area contributed by atoms with Crippen LogP contribution in [0.25, 0.3) is 0 Å². The molecule has 0 aliphatic carbocycles. The number of nitrogens with one attached hydrogen (secondary N) is 1. The molecule has 1 aromatic rings. The van der Waals surface area contributed by atoms with Gasteiger partial charge >= 0.3 is 6.41 Å². The lowest BCUT2D eigenvalue weighted by Gasteiger charge is -1.94. The minimum atomic E-state index is -0.430. The lowest BCUT2D eigenvalue weighted by Crippen LogP contribution is -2.20. The quantitative estimate of drug-likeness (QED) is 0.620. The lowest BCUT2D eigenvalue weighted by atomic mass is 10.2. The third-order valence-corrected chi connectivity index (χ3v) is 1.20. The van der Waals surface area contributed by atoms with Crippen LogP contribution in [0.3, 0.4) is 0 Å². The van der Waals surface area contributed by atoms with Gasteiger partial charge in [-0.1, -0.05) is 18.2 Å². The van der Waals surface area contributed by atoms with Gasteiger partial charge in [-0.25, -0.2) is 0 Å². The Morgan fingerprint density at radius 2 is 1.91 bits per heavy atom. The molecular formula is C8H6NO2. The van der Waals surface area contributed by atoms with Crippen molar-refractivity contribution in [3.63, 3.8) is 0 Å². The number of amides is 2. The van der Waals surface area contributed by atoms with Gasteiger partial charge in [0.1, 0.15) is 0 Å². The maximum Gasteiger partial charge on any atom is 0.316 e. The summed E-state index contributed by atoms with van der Waals surface area (Å²) >= 11 is 0. The summed E-state index contributed by atoms with van der Waals surface area (Å²) in [7, 11) is 0. The second-order valence-electron chi connectivity index (χ2n) is 1.92. The Morgan fingerprint density at radius 3 is 2.45 bits per heavy atom. The molecule has 1 rings (SSSR count). The number of carbonyl (C=O) groups excluding carboxylic acids is 2. The van der Waals surface area contributed by atoms with Crippen molar-refractivity contribution < 1.29 is 9.59 Å². The Kier molecular flexibility index (Phi) is 2.38. The summed E-state index contributed by atoms with van der Waals surface area (Å²) in [6.45, 7) is 0. The van der Waals surface area contributed by atoms with Crippen LogP contribution in [0.1, 0.15) is 10.4 Å². The number of carbonyl (C=O) groups is 1. The Labute approximate surface area is 64.0 Å². The van der Waals surface area contributed by atoms with Crippen LogP contribution in [0.2, 0.25) is 0 Å². The molecule has 0 spiro atoms. The first kappa shape index (κ1) is 7.47. The zero-order valence-electron chi connectivity index (χ0n) is 5.70. The van der Waals surface area contributed by atoms with Crippen LogP contribution in [-0.4, -0.2) is 12.3 Å². The topological polar surface area (TPSA) is 46.2 Å². The molecule has 0 atom stereocenters. The van der Waals surface area contributed by atoms with Crippen LogP contribution in [0.5, 0.6) is 0 Å². The van der Waals surface area contributed by atoms with E-state index in [1.807, 2.05) is 5.32 Å². The van der Waals surface area contributed by atoms with E-state index in [9.17, 15) is 9.59 Å². The monoisotopic (exact) mass is 148 g/mol. The van der Waals surface area contributed by atoms with Crippen LogP contribution in [-0.2, 0) is 4.79 Å². The Balaban J connectivity index is 2.77. The van der Waals surface area contributed by atoms with Gasteiger partial charge in [-0.05, 0) is 12.1 Å². The third-order valence-electron chi connectivity index (χ3n) is 1.20. The second kappa shape index (κ2) is 3.51. The normalized spacial score (nSPS) is 8.73. The summed E-state index contributed by atoms with van der Waals surface area (Å²) in [4.78, 5) is 20.6. The number of imide groups is 1. The summed E-state index contributed by atoms with van der Waals surface area (Å²) in [5.41, 5.74) is 0.454. The van der Waals surface area contributed by atoms with Crippen LogP contribution >= 0.6 is 0 Å². The highest BCUT2D eigenvalue weighted by molar-refractivity contribution is 5.99. The van der Waals surface area contributed by atoms with Gasteiger partial charge in [0, 0.05) is 5.56 Å². The zero-order valence-corrected chi connectivity index (χ0v) is 5.70. The van der Waals surface area contributed by atoms with Gasteiger partial charge < -0.3 is 0 Å². The second-order valence-corrected chi connectivity index (χ2v) is 1.92. The number of benzene rings is 1. The molecule has 2 amide bonds. The van der Waals surface area contributed by atoms with Gasteiger partial charge in [-0.15, -0.1) is 0 Å². The molecule has 1 aromatic carbocycles. The zero-order chi connectivity index (χ0) is 8.10. The molecular weight excluding hydrogens is 142 g/mol. The molecule has 0 bridgehead atoms. The number of rotatable bonds is 2. The van der Waals surface area contributed by atoms with Crippen molar-refractivity contribution >= 4 is 12.3 Å². The minimum absolute atomic E-state index is 0.430. The number of hydrogen-bond donors (Lipinski definition) is 1. The van der Waals surface area contributed by atoms with Crippen LogP contribution in [0.4, 0.5) is 0 Å². The van der Waals surface area contributed by atoms with Crippen molar-refractivity contribution in [1.82, 2.24) is 5.32 Å². The average Bonchev–Trinajstić information content (AvgIpc) is 2.07. The summed E-state index contributed by atoms with van der Waals surface area (Å²) in [6, 6.07) is 8.47. The molecule has 0 heterocycles. The van der Waals surface area contributed by atoms with Crippen molar-refractivity contribution in [3.05, 3.63) is 35.9 Å². The summed E-state index contributed by atoms with van der Waals surface area (Å²) < 4.78 is 0. The maximum atomic E-state index is 10.9. The smallest absolute Gasteiger partial charge is 0.284 e. The van der Waals surface area contributed by atoms with Crippen molar-refractivity contribution in [2.45, 2.75) is 0 Å². The molecule has 55 valence electrons. The summed E-state index contributed by atoms with van der Waals surface area (Å²) in [6.07, 6.45) is 1.32. The average molecular weight is 148 g/mol. The van der Waals surface area contributed by atoms with Crippen molar-refractivity contribution in [2.75, 3.05) is 0 Å². The molecule has 0 aliphatic heterocycles. The van der Waals surface area contributed by atoms with Gasteiger partial charge in [0.25, 0.3) is 5.91 Å². The Hall–Kier alpha value is -1.64. The number of hydrogen-bond acceptors (Lipinski definition) is 2. The molecule has 3 nitrogen and oxygen atoms in total. The molecule has 0 aromatic heterocycles. The maximum absolute atomic E-state index is 10.9. The largest absolute Gasteiger partial charge is 0.316 e. The lowest BCUT2D eigenvalue weighted by molar-refractivity contribution is 0.0976. The molecule has 0 aliphatic rings.